The highest BCUT2D eigenvalue weighted by Gasteiger charge is 2.28. The molecule has 0 aromatic heterocycles. The van der Waals surface area contributed by atoms with Crippen LogP contribution in [0.5, 0.6) is 0 Å². The summed E-state index contributed by atoms with van der Waals surface area (Å²) >= 11 is 0. The molecule has 0 nitrogen and oxygen atoms in total. The Labute approximate surface area is 143 Å². The number of hydrogen-bond acceptors (Lipinski definition) is 0. The predicted octanol–water partition coefficient (Wildman–Crippen LogP) is 6.31. The summed E-state index contributed by atoms with van der Waals surface area (Å²) in [5.41, 5.74) is -3.91. The molecule has 0 bridgehead atoms. The van der Waals surface area contributed by atoms with Gasteiger partial charge < -0.3 is 0 Å². The maximum absolute atomic E-state index is 14.1. The number of rotatable bonds is 3. The first kappa shape index (κ1) is 19.7. The van der Waals surface area contributed by atoms with Crippen molar-refractivity contribution in [1.29, 1.82) is 0 Å². The zero-order valence-electron chi connectivity index (χ0n) is 13.3. The smallest absolute Gasteiger partial charge is 0.169 e. The van der Waals surface area contributed by atoms with Crippen LogP contribution in [0.3, 0.4) is 0 Å². The minimum Gasteiger partial charge on any atom is -0.204 e. The lowest BCUT2D eigenvalue weighted by molar-refractivity contribution is 0.448. The second-order valence-corrected chi connectivity index (χ2v) is 5.09. The van der Waals surface area contributed by atoms with Crippen LogP contribution in [0.1, 0.15) is 25.0 Å². The molecule has 0 aliphatic carbocycles. The lowest BCUT2D eigenvalue weighted by Crippen LogP contribution is -2.07. The Morgan fingerprint density at radius 1 is 0.538 bits per heavy atom. The number of benzene rings is 2. The topological polar surface area (TPSA) is 0 Å². The van der Waals surface area contributed by atoms with E-state index in [0.717, 1.165) is 26.0 Å². The molecule has 2 rings (SSSR count). The van der Waals surface area contributed by atoms with Crippen molar-refractivity contribution in [3.05, 3.63) is 81.9 Å². The zero-order valence-corrected chi connectivity index (χ0v) is 13.3. The van der Waals surface area contributed by atoms with Crippen LogP contribution in [-0.2, 0) is 0 Å². The lowest BCUT2D eigenvalue weighted by atomic mass is 9.90. The highest BCUT2D eigenvalue weighted by Crippen LogP contribution is 2.38. The van der Waals surface area contributed by atoms with Crippen molar-refractivity contribution in [1.82, 2.24) is 0 Å². The molecule has 26 heavy (non-hydrogen) atoms. The highest BCUT2D eigenvalue weighted by molar-refractivity contribution is 6.05. The Bertz CT molecular complexity index is 811. The fraction of sp³-hybridized carbons (Fsp3) is 0.111. The number of allylic oxidation sites excluding steroid dienone is 4. The van der Waals surface area contributed by atoms with E-state index in [-0.39, 0.29) is 12.1 Å². The molecule has 2 aromatic carbocycles. The standard InChI is InChI=1S/C18H10F8/c1-3-7(13-15(23)9(19)5-10(20)16(13)24)8(4-2)14-17(25)11(21)6-12(22)18(14)26/h3-6H,1-2H3/b7-3-,8-4-. The van der Waals surface area contributed by atoms with Crippen LogP contribution in [0.4, 0.5) is 35.1 Å². The van der Waals surface area contributed by atoms with Gasteiger partial charge in [0.15, 0.2) is 46.5 Å². The van der Waals surface area contributed by atoms with Gasteiger partial charge in [0, 0.05) is 12.1 Å². The van der Waals surface area contributed by atoms with Gasteiger partial charge in [0.05, 0.1) is 11.1 Å². The van der Waals surface area contributed by atoms with Crippen molar-refractivity contribution in [3.8, 4) is 0 Å². The third-order valence-electron chi connectivity index (χ3n) is 3.63. The third kappa shape index (κ3) is 3.11. The van der Waals surface area contributed by atoms with E-state index in [2.05, 4.69) is 0 Å². The van der Waals surface area contributed by atoms with Gasteiger partial charge in [-0.25, -0.2) is 35.1 Å². The molecule has 0 saturated carbocycles. The molecule has 2 aromatic rings. The predicted molar refractivity (Wildman–Crippen MR) is 79.9 cm³/mol. The molecule has 0 spiro atoms. The van der Waals surface area contributed by atoms with Gasteiger partial charge in [0.1, 0.15) is 0 Å². The Kier molecular flexibility index (Phi) is 5.53. The summed E-state index contributed by atoms with van der Waals surface area (Å²) in [6, 6.07) is -0.0837. The van der Waals surface area contributed by atoms with Crippen LogP contribution >= 0.6 is 0 Å². The molecule has 8 heteroatoms. The van der Waals surface area contributed by atoms with E-state index in [9.17, 15) is 35.1 Å². The highest BCUT2D eigenvalue weighted by atomic mass is 19.2. The summed E-state index contributed by atoms with van der Waals surface area (Å²) in [5.74, 6) is -14.3. The summed E-state index contributed by atoms with van der Waals surface area (Å²) < 4.78 is 110. The average molecular weight is 378 g/mol. The van der Waals surface area contributed by atoms with Crippen LogP contribution in [0.2, 0.25) is 0 Å². The van der Waals surface area contributed by atoms with Crippen LogP contribution in [0, 0.1) is 46.5 Å². The lowest BCUT2D eigenvalue weighted by Gasteiger charge is -2.16. The van der Waals surface area contributed by atoms with Gasteiger partial charge >= 0.3 is 0 Å². The van der Waals surface area contributed by atoms with Gasteiger partial charge in [0.2, 0.25) is 0 Å². The van der Waals surface area contributed by atoms with Crippen LogP contribution in [-0.4, -0.2) is 0 Å². The Morgan fingerprint density at radius 3 is 0.962 bits per heavy atom. The SMILES string of the molecule is C/C=C(/C(=C/C)c1c(F)c(F)cc(F)c1F)c1c(F)c(F)cc(F)c1F. The summed E-state index contributed by atoms with van der Waals surface area (Å²) in [6.07, 6.45) is 1.80. The summed E-state index contributed by atoms with van der Waals surface area (Å²) in [4.78, 5) is 0. The molecule has 0 fully saturated rings. The molecule has 0 radical (unpaired) electrons. The molecular weight excluding hydrogens is 368 g/mol. The Hall–Kier alpha value is -2.64. The minimum absolute atomic E-state index is 0.0419. The molecule has 0 aliphatic rings. The van der Waals surface area contributed by atoms with E-state index in [1.54, 1.807) is 0 Å². The first-order valence-electron chi connectivity index (χ1n) is 7.15. The van der Waals surface area contributed by atoms with Crippen LogP contribution < -0.4 is 0 Å². The van der Waals surface area contributed by atoms with Crippen molar-refractivity contribution >= 4 is 11.1 Å². The monoisotopic (exact) mass is 378 g/mol. The fourth-order valence-corrected chi connectivity index (χ4v) is 2.49. The summed E-state index contributed by atoms with van der Waals surface area (Å²) in [6.45, 7) is 2.32. The van der Waals surface area contributed by atoms with E-state index in [0.29, 0.717) is 0 Å². The van der Waals surface area contributed by atoms with Crippen LogP contribution in [0.15, 0.2) is 24.3 Å². The molecule has 0 N–H and O–H groups in total. The van der Waals surface area contributed by atoms with Crippen molar-refractivity contribution in [2.24, 2.45) is 0 Å². The normalized spacial score (nSPS) is 12.7. The molecular formula is C18H10F8. The average Bonchev–Trinajstić information content (AvgIpc) is 2.59. The molecule has 0 aliphatic heterocycles. The van der Waals surface area contributed by atoms with Crippen molar-refractivity contribution < 1.29 is 35.1 Å². The maximum atomic E-state index is 14.1. The summed E-state index contributed by atoms with van der Waals surface area (Å²) in [5, 5.41) is 0. The molecule has 0 heterocycles. The van der Waals surface area contributed by atoms with E-state index >= 15 is 0 Å². The fourth-order valence-electron chi connectivity index (χ4n) is 2.49. The third-order valence-corrected chi connectivity index (χ3v) is 3.63. The van der Waals surface area contributed by atoms with Gasteiger partial charge in [-0.3, -0.25) is 0 Å². The quantitative estimate of drug-likeness (QED) is 0.334. The van der Waals surface area contributed by atoms with Gasteiger partial charge in [0.25, 0.3) is 0 Å². The second kappa shape index (κ2) is 7.31. The Morgan fingerprint density at radius 2 is 0.769 bits per heavy atom. The van der Waals surface area contributed by atoms with E-state index in [4.69, 9.17) is 0 Å². The Balaban J connectivity index is 2.86. The molecule has 138 valence electrons. The zero-order chi connectivity index (χ0) is 19.8. The van der Waals surface area contributed by atoms with Crippen molar-refractivity contribution in [2.45, 2.75) is 13.8 Å². The van der Waals surface area contributed by atoms with Crippen molar-refractivity contribution in [2.75, 3.05) is 0 Å². The maximum Gasteiger partial charge on any atom is 0.169 e. The molecule has 0 unspecified atom stereocenters. The van der Waals surface area contributed by atoms with E-state index < -0.39 is 68.8 Å². The number of hydrogen-bond donors (Lipinski definition) is 0. The van der Waals surface area contributed by atoms with Gasteiger partial charge in [-0.05, 0) is 25.0 Å². The first-order chi connectivity index (χ1) is 12.1. The molecule has 0 saturated heterocycles. The van der Waals surface area contributed by atoms with Crippen LogP contribution in [0.25, 0.3) is 11.1 Å². The largest absolute Gasteiger partial charge is 0.204 e. The molecule has 0 amide bonds. The van der Waals surface area contributed by atoms with Gasteiger partial charge in [-0.1, -0.05) is 12.2 Å². The number of halogens is 8. The van der Waals surface area contributed by atoms with E-state index in [1.165, 1.54) is 0 Å². The summed E-state index contributed by atoms with van der Waals surface area (Å²) in [7, 11) is 0. The van der Waals surface area contributed by atoms with E-state index in [1.807, 2.05) is 0 Å². The second-order valence-electron chi connectivity index (χ2n) is 5.09. The van der Waals surface area contributed by atoms with Gasteiger partial charge in [-0.2, -0.15) is 0 Å². The minimum atomic E-state index is -1.82. The van der Waals surface area contributed by atoms with Gasteiger partial charge in [-0.15, -0.1) is 0 Å². The van der Waals surface area contributed by atoms with Crippen molar-refractivity contribution in [3.63, 3.8) is 0 Å². The molecule has 0 atom stereocenters. The first-order valence-corrected chi connectivity index (χ1v) is 7.15.